The molecule has 0 aliphatic heterocycles. The lowest BCUT2D eigenvalue weighted by Gasteiger charge is -2.18. The summed E-state index contributed by atoms with van der Waals surface area (Å²) in [7, 11) is -1.74. The maximum Gasteiger partial charge on any atom is 0.334 e. The number of hydrogen-bond acceptors (Lipinski definition) is 6. The van der Waals surface area contributed by atoms with E-state index in [1.807, 2.05) is 6.07 Å². The van der Waals surface area contributed by atoms with Gasteiger partial charge in [0.1, 0.15) is 13.2 Å². The highest BCUT2D eigenvalue weighted by Crippen LogP contribution is 2.51. The van der Waals surface area contributed by atoms with Crippen LogP contribution in [0.1, 0.15) is 33.1 Å². The van der Waals surface area contributed by atoms with Crippen LogP contribution in [-0.4, -0.2) is 32.2 Å². The van der Waals surface area contributed by atoms with Crippen molar-refractivity contribution in [1.29, 1.82) is 5.26 Å². The first-order chi connectivity index (χ1) is 9.60. The van der Waals surface area contributed by atoms with E-state index in [0.717, 1.165) is 30.4 Å². The molecular weight excluding hydrogens is 279 g/mol. The number of nitriles is 1. The van der Waals surface area contributed by atoms with Crippen LogP contribution in [-0.2, 0) is 18.5 Å². The van der Waals surface area contributed by atoms with Gasteiger partial charge in [-0.3, -0.25) is 4.57 Å². The molecule has 7 heteroatoms. The summed E-state index contributed by atoms with van der Waals surface area (Å²) in [6.45, 7) is 4.22. The number of nitrogens with zero attached hydrogens (tertiary/aromatic N) is 2. The average Bonchev–Trinajstić information content (AvgIpc) is 2.84. The van der Waals surface area contributed by atoms with Crippen LogP contribution < -0.4 is 0 Å². The molecule has 0 N–H and O–H groups in total. The number of hydrogen-bond donors (Lipinski definition) is 0. The molecule has 6 nitrogen and oxygen atoms in total. The second-order valence-corrected chi connectivity index (χ2v) is 6.33. The zero-order chi connectivity index (χ0) is 15.0. The Morgan fingerprint density at radius 1 is 1.35 bits per heavy atom. The molecule has 0 saturated heterocycles. The topological polar surface area (TPSA) is 80.9 Å². The van der Waals surface area contributed by atoms with Crippen molar-refractivity contribution in [3.63, 3.8) is 0 Å². The molecule has 0 aromatic carbocycles. The van der Waals surface area contributed by atoms with Crippen LogP contribution in [0, 0.1) is 11.3 Å². The highest BCUT2D eigenvalue weighted by atomic mass is 31.2. The van der Waals surface area contributed by atoms with Gasteiger partial charge >= 0.3 is 7.60 Å². The van der Waals surface area contributed by atoms with Crippen molar-refractivity contribution >= 4 is 13.3 Å². The minimum Gasteiger partial charge on any atom is -0.398 e. The predicted octanol–water partition coefficient (Wildman–Crippen LogP) is 3.26. The summed E-state index contributed by atoms with van der Waals surface area (Å²) in [4.78, 5) is 4.68. The van der Waals surface area contributed by atoms with Gasteiger partial charge in [-0.05, 0) is 38.7 Å². The first-order valence-corrected chi connectivity index (χ1v) is 8.43. The highest BCUT2D eigenvalue weighted by molar-refractivity contribution is 7.54. The largest absolute Gasteiger partial charge is 0.398 e. The van der Waals surface area contributed by atoms with E-state index in [9.17, 15) is 4.57 Å². The lowest BCUT2D eigenvalue weighted by molar-refractivity contribution is 0.214. The fraction of sp³-hybridized carbons (Fsp3) is 0.692. The van der Waals surface area contributed by atoms with Gasteiger partial charge in [0, 0.05) is 0 Å². The van der Waals surface area contributed by atoms with Gasteiger partial charge in [0.25, 0.3) is 0 Å². The van der Waals surface area contributed by atoms with Crippen LogP contribution >= 0.6 is 7.60 Å². The van der Waals surface area contributed by atoms with E-state index in [1.165, 1.54) is 7.11 Å². The molecule has 1 aliphatic carbocycles. The van der Waals surface area contributed by atoms with Crippen LogP contribution in [0.15, 0.2) is 16.3 Å². The van der Waals surface area contributed by atoms with Crippen molar-refractivity contribution in [2.75, 3.05) is 26.5 Å². The van der Waals surface area contributed by atoms with Crippen molar-refractivity contribution in [2.45, 2.75) is 33.1 Å². The van der Waals surface area contributed by atoms with Gasteiger partial charge in [0.15, 0.2) is 5.71 Å². The number of allylic oxidation sites excluding steroid dienone is 2. The molecule has 1 aliphatic rings. The fourth-order valence-corrected chi connectivity index (χ4v) is 4.12. The molecule has 0 atom stereocenters. The van der Waals surface area contributed by atoms with Gasteiger partial charge in [-0.15, -0.1) is 0 Å². The molecule has 0 heterocycles. The van der Waals surface area contributed by atoms with E-state index in [0.29, 0.717) is 13.2 Å². The van der Waals surface area contributed by atoms with E-state index in [1.54, 1.807) is 13.8 Å². The van der Waals surface area contributed by atoms with Gasteiger partial charge in [0.05, 0.1) is 19.4 Å². The van der Waals surface area contributed by atoms with Crippen LogP contribution in [0.25, 0.3) is 0 Å². The van der Waals surface area contributed by atoms with Crippen LogP contribution in [0.4, 0.5) is 0 Å². The lowest BCUT2D eigenvalue weighted by Crippen LogP contribution is -2.06. The maximum absolute atomic E-state index is 12.6. The Bertz CT molecular complexity index is 469. The summed E-state index contributed by atoms with van der Waals surface area (Å²) in [6.07, 6.45) is 2.65. The predicted molar refractivity (Wildman–Crippen MR) is 76.7 cm³/mol. The van der Waals surface area contributed by atoms with Gasteiger partial charge in [0.2, 0.25) is 0 Å². The summed E-state index contributed by atoms with van der Waals surface area (Å²) < 4.78 is 23.1. The third kappa shape index (κ3) is 4.45. The Balaban J connectivity index is 3.00. The Labute approximate surface area is 119 Å². The first kappa shape index (κ1) is 16.9. The molecule has 0 amide bonds. The second kappa shape index (κ2) is 8.21. The second-order valence-electron chi connectivity index (χ2n) is 4.27. The van der Waals surface area contributed by atoms with Crippen LogP contribution in [0.5, 0.6) is 0 Å². The molecule has 0 fully saturated rings. The Morgan fingerprint density at radius 2 is 2.00 bits per heavy atom. The van der Waals surface area contributed by atoms with Crippen LogP contribution in [0.3, 0.4) is 0 Å². The summed E-state index contributed by atoms with van der Waals surface area (Å²) in [5, 5.41) is 12.8. The Hall–Kier alpha value is -1.15. The Kier molecular flexibility index (Phi) is 6.94. The molecular formula is C13H21N2O4P. The smallest absolute Gasteiger partial charge is 0.334 e. The van der Waals surface area contributed by atoms with E-state index in [-0.39, 0.29) is 11.9 Å². The summed E-state index contributed by atoms with van der Waals surface area (Å²) in [5.74, 6) is 0. The van der Waals surface area contributed by atoms with E-state index < -0.39 is 7.60 Å². The third-order valence-electron chi connectivity index (χ3n) is 2.94. The molecule has 0 aromatic rings. The number of rotatable bonds is 8. The molecule has 112 valence electrons. The monoisotopic (exact) mass is 300 g/mol. The number of oxime groups is 1. The van der Waals surface area contributed by atoms with E-state index >= 15 is 0 Å². The minimum absolute atomic E-state index is 0.217. The zero-order valence-electron chi connectivity index (χ0n) is 12.2. The molecule has 0 saturated carbocycles. The molecule has 0 spiro atoms. The van der Waals surface area contributed by atoms with E-state index in [4.69, 9.17) is 14.3 Å². The SMILES string of the molecule is CCOP(=O)(CC1=C(/C(C#N)=N/OC)CCC1)OCC. The van der Waals surface area contributed by atoms with Crippen molar-refractivity contribution in [2.24, 2.45) is 5.16 Å². The maximum atomic E-state index is 12.6. The lowest BCUT2D eigenvalue weighted by atomic mass is 10.1. The minimum atomic E-state index is -3.14. The fourth-order valence-electron chi connectivity index (χ4n) is 2.26. The van der Waals surface area contributed by atoms with E-state index in [2.05, 4.69) is 9.99 Å². The average molecular weight is 300 g/mol. The summed E-state index contributed by atoms with van der Waals surface area (Å²) in [5.41, 5.74) is 1.99. The summed E-state index contributed by atoms with van der Waals surface area (Å²) >= 11 is 0. The van der Waals surface area contributed by atoms with Gasteiger partial charge in [-0.2, -0.15) is 5.26 Å². The van der Waals surface area contributed by atoms with Crippen molar-refractivity contribution < 1.29 is 18.5 Å². The molecule has 0 radical (unpaired) electrons. The van der Waals surface area contributed by atoms with Gasteiger partial charge in [-0.25, -0.2) is 0 Å². The quantitative estimate of drug-likeness (QED) is 0.390. The molecule has 0 unspecified atom stereocenters. The van der Waals surface area contributed by atoms with Gasteiger partial charge in [-0.1, -0.05) is 10.7 Å². The van der Waals surface area contributed by atoms with Gasteiger partial charge < -0.3 is 13.9 Å². The first-order valence-electron chi connectivity index (χ1n) is 6.70. The molecule has 0 aromatic heterocycles. The normalized spacial score (nSPS) is 16.4. The van der Waals surface area contributed by atoms with Crippen LogP contribution in [0.2, 0.25) is 0 Å². The van der Waals surface area contributed by atoms with Crippen molar-refractivity contribution in [3.8, 4) is 6.07 Å². The Morgan fingerprint density at radius 3 is 2.50 bits per heavy atom. The van der Waals surface area contributed by atoms with Crippen molar-refractivity contribution in [1.82, 2.24) is 0 Å². The molecule has 0 bridgehead atoms. The summed E-state index contributed by atoms with van der Waals surface area (Å²) in [6, 6.07) is 2.02. The molecule has 1 rings (SSSR count). The molecule has 20 heavy (non-hydrogen) atoms. The zero-order valence-corrected chi connectivity index (χ0v) is 13.1. The highest BCUT2D eigenvalue weighted by Gasteiger charge is 2.30. The third-order valence-corrected chi connectivity index (χ3v) is 5.01. The standard InChI is InChI=1S/C13H21N2O4P/c1-4-18-20(16,19-5-2)10-11-7-6-8-12(11)13(9-14)15-17-3/h4-8,10H2,1-3H3/b15-13+. The van der Waals surface area contributed by atoms with Crippen molar-refractivity contribution in [3.05, 3.63) is 11.1 Å².